The maximum Gasteiger partial charge on any atom is 0.339 e. The number of nitrogens with zero attached hydrogens (tertiary/aromatic N) is 2. The fraction of sp³-hybridized carbons (Fsp3) is 0.238. The third kappa shape index (κ3) is 3.33. The molecule has 0 unspecified atom stereocenters. The van der Waals surface area contributed by atoms with Crippen LogP contribution in [0.4, 0.5) is 4.39 Å². The number of methoxy groups -OCH3 is 1. The van der Waals surface area contributed by atoms with E-state index in [1.807, 2.05) is 0 Å². The number of carbonyl (C=O) groups excluding carboxylic acids is 1. The minimum absolute atomic E-state index is 0.0219. The number of pyridine rings is 1. The van der Waals surface area contributed by atoms with Crippen LogP contribution in [-0.4, -0.2) is 30.5 Å². The zero-order valence-corrected chi connectivity index (χ0v) is 16.7. The summed E-state index contributed by atoms with van der Waals surface area (Å²) in [7, 11) is -2.89. The zero-order chi connectivity index (χ0) is 20.8. The average Bonchev–Trinajstić information content (AvgIpc) is 3.47. The Hall–Kier alpha value is -3.00. The normalized spacial score (nSPS) is 14.0. The molecule has 0 atom stereocenters. The van der Waals surface area contributed by atoms with Crippen LogP contribution in [-0.2, 0) is 14.8 Å². The van der Waals surface area contributed by atoms with Gasteiger partial charge in [-0.05, 0) is 55.5 Å². The minimum atomic E-state index is -4.12. The van der Waals surface area contributed by atoms with Crippen molar-refractivity contribution >= 4 is 16.0 Å². The first-order valence-electron chi connectivity index (χ1n) is 9.11. The van der Waals surface area contributed by atoms with E-state index in [9.17, 15) is 17.6 Å². The lowest BCUT2D eigenvalue weighted by molar-refractivity contribution is 0.0599. The third-order valence-corrected chi connectivity index (χ3v) is 6.62. The van der Waals surface area contributed by atoms with Gasteiger partial charge in [0.15, 0.2) is 0 Å². The van der Waals surface area contributed by atoms with Gasteiger partial charge in [0.25, 0.3) is 10.0 Å². The van der Waals surface area contributed by atoms with Gasteiger partial charge in [0.1, 0.15) is 10.7 Å². The first-order chi connectivity index (χ1) is 13.8. The Kier molecular flexibility index (Phi) is 4.74. The summed E-state index contributed by atoms with van der Waals surface area (Å²) < 4.78 is 47.4. The number of halogens is 1. The molecule has 1 saturated carbocycles. The fourth-order valence-electron chi connectivity index (χ4n) is 3.38. The molecule has 1 aliphatic carbocycles. The van der Waals surface area contributed by atoms with Crippen LogP contribution in [0.15, 0.2) is 53.7 Å². The van der Waals surface area contributed by atoms with Crippen molar-refractivity contribution in [3.05, 3.63) is 71.4 Å². The SMILES string of the molecule is COC(=O)c1cn(S(=O)(=O)c2ccc(C)nc2)c(-c2ccccc2F)c1C1CC1. The summed E-state index contributed by atoms with van der Waals surface area (Å²) in [4.78, 5) is 16.4. The highest BCUT2D eigenvalue weighted by Gasteiger charge is 2.37. The predicted octanol–water partition coefficient (Wildman–Crippen LogP) is 3.90. The summed E-state index contributed by atoms with van der Waals surface area (Å²) >= 11 is 0. The van der Waals surface area contributed by atoms with Crippen LogP contribution in [0.5, 0.6) is 0 Å². The van der Waals surface area contributed by atoms with E-state index < -0.39 is 21.8 Å². The van der Waals surface area contributed by atoms with Crippen LogP contribution in [0.3, 0.4) is 0 Å². The molecular weight excluding hydrogens is 395 g/mol. The minimum Gasteiger partial charge on any atom is -0.465 e. The molecule has 0 N–H and O–H groups in total. The van der Waals surface area contributed by atoms with Gasteiger partial charge in [0.05, 0.1) is 18.4 Å². The lowest BCUT2D eigenvalue weighted by Crippen LogP contribution is -2.14. The Bertz CT molecular complexity index is 1200. The molecule has 0 radical (unpaired) electrons. The van der Waals surface area contributed by atoms with Crippen LogP contribution in [0.2, 0.25) is 0 Å². The lowest BCUT2D eigenvalue weighted by Gasteiger charge is -2.13. The Morgan fingerprint density at radius 2 is 1.93 bits per heavy atom. The molecule has 0 saturated heterocycles. The molecule has 1 aromatic carbocycles. The van der Waals surface area contributed by atoms with Gasteiger partial charge in [-0.2, -0.15) is 0 Å². The summed E-state index contributed by atoms with van der Waals surface area (Å²) in [5, 5.41) is 0. The monoisotopic (exact) mass is 414 g/mol. The highest BCUT2D eigenvalue weighted by Crippen LogP contribution is 2.48. The summed E-state index contributed by atoms with van der Waals surface area (Å²) in [6, 6.07) is 8.96. The van der Waals surface area contributed by atoms with E-state index >= 15 is 0 Å². The molecule has 150 valence electrons. The van der Waals surface area contributed by atoms with Crippen molar-refractivity contribution in [2.75, 3.05) is 7.11 Å². The van der Waals surface area contributed by atoms with Gasteiger partial charge in [0, 0.05) is 23.7 Å². The number of ether oxygens (including phenoxy) is 1. The zero-order valence-electron chi connectivity index (χ0n) is 15.9. The van der Waals surface area contributed by atoms with Crippen LogP contribution in [0.25, 0.3) is 11.3 Å². The highest BCUT2D eigenvalue weighted by molar-refractivity contribution is 7.90. The van der Waals surface area contributed by atoms with Gasteiger partial charge in [0.2, 0.25) is 0 Å². The summed E-state index contributed by atoms with van der Waals surface area (Å²) in [6.45, 7) is 1.75. The first kappa shape index (κ1) is 19.3. The molecule has 0 spiro atoms. The van der Waals surface area contributed by atoms with Crippen LogP contribution in [0.1, 0.15) is 40.4 Å². The molecule has 4 rings (SSSR count). The number of benzene rings is 1. The number of rotatable bonds is 5. The summed E-state index contributed by atoms with van der Waals surface area (Å²) in [5.41, 5.74) is 1.59. The molecular formula is C21H19FN2O4S. The third-order valence-electron chi connectivity index (χ3n) is 4.97. The van der Waals surface area contributed by atoms with Crippen molar-refractivity contribution in [2.45, 2.75) is 30.6 Å². The van der Waals surface area contributed by atoms with E-state index in [2.05, 4.69) is 4.98 Å². The van der Waals surface area contributed by atoms with Gasteiger partial charge >= 0.3 is 5.97 Å². The topological polar surface area (TPSA) is 78.3 Å². The largest absolute Gasteiger partial charge is 0.465 e. The molecule has 3 aromatic rings. The van der Waals surface area contributed by atoms with Gasteiger partial charge in [-0.1, -0.05) is 12.1 Å². The standard InChI is InChI=1S/C21H19FN2O4S/c1-13-7-10-15(11-23-13)29(26,27)24-12-17(21(25)28-2)19(14-8-9-14)20(24)16-5-3-4-6-18(16)22/h3-7,10-12,14H,8-9H2,1-2H3. The van der Waals surface area contributed by atoms with Crippen molar-refractivity contribution in [2.24, 2.45) is 0 Å². The van der Waals surface area contributed by atoms with Gasteiger partial charge in [-0.3, -0.25) is 4.98 Å². The number of aromatic nitrogens is 2. The van der Waals surface area contributed by atoms with E-state index in [1.54, 1.807) is 19.1 Å². The maximum atomic E-state index is 14.7. The van der Waals surface area contributed by atoms with Gasteiger partial charge in [-0.15, -0.1) is 0 Å². The van der Waals surface area contributed by atoms with Crippen LogP contribution < -0.4 is 0 Å². The quantitative estimate of drug-likeness (QED) is 0.592. The van der Waals surface area contributed by atoms with Crippen LogP contribution >= 0.6 is 0 Å². The fourth-order valence-corrected chi connectivity index (χ4v) is 4.72. The second-order valence-electron chi connectivity index (χ2n) is 6.99. The van der Waals surface area contributed by atoms with E-state index in [0.29, 0.717) is 11.3 Å². The molecule has 1 aliphatic rings. The molecule has 29 heavy (non-hydrogen) atoms. The smallest absolute Gasteiger partial charge is 0.339 e. The summed E-state index contributed by atoms with van der Waals surface area (Å²) in [5.74, 6) is -1.24. The van der Waals surface area contributed by atoms with E-state index in [-0.39, 0.29) is 27.6 Å². The molecule has 1 fully saturated rings. The molecule has 0 bridgehead atoms. The Labute approximate surface area is 168 Å². The second-order valence-corrected chi connectivity index (χ2v) is 8.80. The van der Waals surface area contributed by atoms with Crippen molar-refractivity contribution < 1.29 is 22.3 Å². The van der Waals surface area contributed by atoms with Crippen molar-refractivity contribution in [3.63, 3.8) is 0 Å². The van der Waals surface area contributed by atoms with Crippen LogP contribution in [0, 0.1) is 12.7 Å². The Balaban J connectivity index is 2.04. The molecule has 2 heterocycles. The number of carbonyl (C=O) groups is 1. The van der Waals surface area contributed by atoms with Crippen molar-refractivity contribution in [1.29, 1.82) is 0 Å². The predicted molar refractivity (Wildman–Crippen MR) is 105 cm³/mol. The van der Waals surface area contributed by atoms with E-state index in [1.165, 1.54) is 43.8 Å². The van der Waals surface area contributed by atoms with Crippen molar-refractivity contribution in [1.82, 2.24) is 8.96 Å². The van der Waals surface area contributed by atoms with Crippen molar-refractivity contribution in [3.8, 4) is 11.3 Å². The molecule has 0 amide bonds. The van der Waals surface area contributed by atoms with Gasteiger partial charge < -0.3 is 4.74 Å². The Morgan fingerprint density at radius 1 is 1.21 bits per heavy atom. The lowest BCUT2D eigenvalue weighted by atomic mass is 10.0. The average molecular weight is 414 g/mol. The highest BCUT2D eigenvalue weighted by atomic mass is 32.2. The number of hydrogen-bond acceptors (Lipinski definition) is 5. The first-order valence-corrected chi connectivity index (χ1v) is 10.5. The Morgan fingerprint density at radius 3 is 2.52 bits per heavy atom. The number of hydrogen-bond donors (Lipinski definition) is 0. The molecule has 2 aromatic heterocycles. The molecule has 8 heteroatoms. The van der Waals surface area contributed by atoms with E-state index in [0.717, 1.165) is 16.8 Å². The number of aryl methyl sites for hydroxylation is 1. The van der Waals surface area contributed by atoms with Gasteiger partial charge in [-0.25, -0.2) is 21.6 Å². The molecule has 6 nitrogen and oxygen atoms in total. The second kappa shape index (κ2) is 7.11. The summed E-state index contributed by atoms with van der Waals surface area (Å²) in [6.07, 6.45) is 4.07. The maximum absolute atomic E-state index is 14.7. The number of esters is 1. The molecule has 0 aliphatic heterocycles. The van der Waals surface area contributed by atoms with E-state index in [4.69, 9.17) is 4.74 Å².